The molecule has 1 aromatic carbocycles. The van der Waals surface area contributed by atoms with E-state index in [1.165, 1.54) is 18.4 Å². The van der Waals surface area contributed by atoms with Crippen LogP contribution in [-0.4, -0.2) is 15.6 Å². The Labute approximate surface area is 113 Å². The Hall–Kier alpha value is -1.97. The predicted molar refractivity (Wildman–Crippen MR) is 78.5 cm³/mol. The average Bonchev–Trinajstić information content (AvgIpc) is 2.85. The maximum absolute atomic E-state index is 8.71. The van der Waals surface area contributed by atoms with Crippen LogP contribution < -0.4 is 5.73 Å². The standard InChI is InChI=1S/C15H21N3O/c1-3-11(4-2)10-18-8-7-12-9-13(15(16)17-19)5-6-14(12)18/h5-9,11,19H,3-4,10H2,1-2H3,(H2,16,17). The molecule has 0 aliphatic carbocycles. The summed E-state index contributed by atoms with van der Waals surface area (Å²) in [5.41, 5.74) is 7.55. The van der Waals surface area contributed by atoms with Crippen molar-refractivity contribution >= 4 is 16.7 Å². The van der Waals surface area contributed by atoms with Crippen LogP contribution >= 0.6 is 0 Å². The number of amidine groups is 1. The van der Waals surface area contributed by atoms with E-state index in [4.69, 9.17) is 10.9 Å². The molecular weight excluding hydrogens is 238 g/mol. The molecule has 0 aliphatic heterocycles. The van der Waals surface area contributed by atoms with Gasteiger partial charge in [0.2, 0.25) is 0 Å². The van der Waals surface area contributed by atoms with E-state index in [0.717, 1.165) is 17.5 Å². The highest BCUT2D eigenvalue weighted by Gasteiger charge is 2.08. The molecule has 0 radical (unpaired) electrons. The molecule has 1 aromatic heterocycles. The summed E-state index contributed by atoms with van der Waals surface area (Å²) in [5.74, 6) is 0.856. The molecule has 3 N–H and O–H groups in total. The molecule has 0 bridgehead atoms. The van der Waals surface area contributed by atoms with Crippen LogP contribution in [0.4, 0.5) is 0 Å². The summed E-state index contributed by atoms with van der Waals surface area (Å²) < 4.78 is 2.28. The van der Waals surface area contributed by atoms with Crippen molar-refractivity contribution in [2.45, 2.75) is 33.2 Å². The first-order valence-electron chi connectivity index (χ1n) is 6.76. The van der Waals surface area contributed by atoms with Crippen molar-refractivity contribution in [2.75, 3.05) is 0 Å². The smallest absolute Gasteiger partial charge is 0.170 e. The Morgan fingerprint density at radius 3 is 2.68 bits per heavy atom. The first-order chi connectivity index (χ1) is 9.19. The number of aromatic nitrogens is 1. The lowest BCUT2D eigenvalue weighted by Crippen LogP contribution is -2.13. The van der Waals surface area contributed by atoms with Crippen molar-refractivity contribution in [1.29, 1.82) is 0 Å². The number of benzene rings is 1. The zero-order valence-electron chi connectivity index (χ0n) is 11.5. The van der Waals surface area contributed by atoms with Crippen LogP contribution in [0.1, 0.15) is 32.3 Å². The van der Waals surface area contributed by atoms with Gasteiger partial charge in [-0.25, -0.2) is 0 Å². The number of fused-ring (bicyclic) bond motifs is 1. The van der Waals surface area contributed by atoms with Gasteiger partial charge in [0.15, 0.2) is 5.84 Å². The van der Waals surface area contributed by atoms with Crippen LogP contribution in [0, 0.1) is 5.92 Å². The Morgan fingerprint density at radius 1 is 1.32 bits per heavy atom. The fraction of sp³-hybridized carbons (Fsp3) is 0.400. The highest BCUT2D eigenvalue weighted by molar-refractivity contribution is 6.00. The third kappa shape index (κ3) is 2.72. The molecule has 0 amide bonds. The van der Waals surface area contributed by atoms with Crippen molar-refractivity contribution in [1.82, 2.24) is 4.57 Å². The maximum atomic E-state index is 8.71. The fourth-order valence-corrected chi connectivity index (χ4v) is 2.40. The van der Waals surface area contributed by atoms with E-state index >= 15 is 0 Å². The molecule has 4 nitrogen and oxygen atoms in total. The van der Waals surface area contributed by atoms with Gasteiger partial charge in [0.05, 0.1) is 0 Å². The monoisotopic (exact) mass is 259 g/mol. The topological polar surface area (TPSA) is 63.5 Å². The van der Waals surface area contributed by atoms with E-state index in [1.807, 2.05) is 18.2 Å². The van der Waals surface area contributed by atoms with Crippen LogP contribution in [0.15, 0.2) is 35.6 Å². The minimum absolute atomic E-state index is 0.148. The summed E-state index contributed by atoms with van der Waals surface area (Å²) >= 11 is 0. The highest BCUT2D eigenvalue weighted by atomic mass is 16.4. The molecule has 1 heterocycles. The molecule has 0 saturated carbocycles. The summed E-state index contributed by atoms with van der Waals surface area (Å²) in [6.07, 6.45) is 4.50. The van der Waals surface area contributed by atoms with Crippen molar-refractivity contribution in [2.24, 2.45) is 16.8 Å². The number of hydrogen-bond acceptors (Lipinski definition) is 2. The Bertz CT molecular complexity index is 582. The first-order valence-corrected chi connectivity index (χ1v) is 6.76. The van der Waals surface area contributed by atoms with Crippen molar-refractivity contribution in [3.05, 3.63) is 36.0 Å². The van der Waals surface area contributed by atoms with E-state index < -0.39 is 0 Å². The SMILES string of the molecule is CCC(CC)Cn1ccc2cc(/C(N)=N/O)ccc21. The number of oxime groups is 1. The van der Waals surface area contributed by atoms with Crippen LogP contribution in [-0.2, 0) is 6.54 Å². The van der Waals surface area contributed by atoms with E-state index in [2.05, 4.69) is 35.8 Å². The Morgan fingerprint density at radius 2 is 2.05 bits per heavy atom. The molecule has 2 rings (SSSR count). The zero-order chi connectivity index (χ0) is 13.8. The van der Waals surface area contributed by atoms with Gasteiger partial charge >= 0.3 is 0 Å². The third-order valence-corrected chi connectivity index (χ3v) is 3.78. The van der Waals surface area contributed by atoms with E-state index in [0.29, 0.717) is 5.92 Å². The van der Waals surface area contributed by atoms with Gasteiger partial charge in [0, 0.05) is 29.2 Å². The van der Waals surface area contributed by atoms with Gasteiger partial charge in [0.1, 0.15) is 0 Å². The summed E-state index contributed by atoms with van der Waals surface area (Å²) in [4.78, 5) is 0. The van der Waals surface area contributed by atoms with Crippen LogP contribution in [0.25, 0.3) is 10.9 Å². The van der Waals surface area contributed by atoms with Gasteiger partial charge < -0.3 is 15.5 Å². The van der Waals surface area contributed by atoms with Gasteiger partial charge in [-0.15, -0.1) is 0 Å². The summed E-state index contributed by atoms with van der Waals surface area (Å²) in [7, 11) is 0. The molecule has 4 heteroatoms. The summed E-state index contributed by atoms with van der Waals surface area (Å²) in [6.45, 7) is 5.51. The number of nitrogens with zero attached hydrogens (tertiary/aromatic N) is 2. The molecule has 0 spiro atoms. The Balaban J connectivity index is 2.34. The fourth-order valence-electron chi connectivity index (χ4n) is 2.40. The van der Waals surface area contributed by atoms with Crippen LogP contribution in [0.5, 0.6) is 0 Å². The molecule has 0 fully saturated rings. The lowest BCUT2D eigenvalue weighted by Gasteiger charge is -2.14. The van der Waals surface area contributed by atoms with Crippen molar-refractivity contribution < 1.29 is 5.21 Å². The first kappa shape index (κ1) is 13.5. The second kappa shape index (κ2) is 5.78. The van der Waals surface area contributed by atoms with Crippen molar-refractivity contribution in [3.8, 4) is 0 Å². The molecule has 0 aliphatic rings. The van der Waals surface area contributed by atoms with Gasteiger partial charge in [-0.1, -0.05) is 31.8 Å². The molecule has 0 saturated heterocycles. The largest absolute Gasteiger partial charge is 0.409 e. The molecule has 0 atom stereocenters. The molecule has 2 aromatic rings. The Kier molecular flexibility index (Phi) is 4.10. The lowest BCUT2D eigenvalue weighted by molar-refractivity contribution is 0.318. The third-order valence-electron chi connectivity index (χ3n) is 3.78. The number of nitrogens with two attached hydrogens (primary N) is 1. The zero-order valence-corrected chi connectivity index (χ0v) is 11.5. The van der Waals surface area contributed by atoms with Crippen LogP contribution in [0.2, 0.25) is 0 Å². The second-order valence-corrected chi connectivity index (χ2v) is 4.91. The lowest BCUT2D eigenvalue weighted by atomic mass is 10.0. The molecule has 0 unspecified atom stereocenters. The number of hydrogen-bond donors (Lipinski definition) is 2. The molecule has 19 heavy (non-hydrogen) atoms. The van der Waals surface area contributed by atoms with Gasteiger partial charge in [0.25, 0.3) is 0 Å². The van der Waals surface area contributed by atoms with Gasteiger partial charge in [-0.3, -0.25) is 0 Å². The average molecular weight is 259 g/mol. The molecule has 102 valence electrons. The highest BCUT2D eigenvalue weighted by Crippen LogP contribution is 2.20. The number of rotatable bonds is 5. The maximum Gasteiger partial charge on any atom is 0.170 e. The van der Waals surface area contributed by atoms with E-state index in [9.17, 15) is 0 Å². The second-order valence-electron chi connectivity index (χ2n) is 4.91. The van der Waals surface area contributed by atoms with E-state index in [-0.39, 0.29) is 5.84 Å². The minimum Gasteiger partial charge on any atom is -0.409 e. The quantitative estimate of drug-likeness (QED) is 0.375. The normalized spacial score (nSPS) is 12.5. The summed E-state index contributed by atoms with van der Waals surface area (Å²) in [6, 6.07) is 7.95. The summed E-state index contributed by atoms with van der Waals surface area (Å²) in [5, 5.41) is 12.9. The van der Waals surface area contributed by atoms with Gasteiger partial charge in [-0.2, -0.15) is 0 Å². The van der Waals surface area contributed by atoms with Gasteiger partial charge in [-0.05, 0) is 30.2 Å². The minimum atomic E-state index is 0.148. The van der Waals surface area contributed by atoms with E-state index in [1.54, 1.807) is 0 Å². The predicted octanol–water partition coefficient (Wildman–Crippen LogP) is 3.17. The van der Waals surface area contributed by atoms with Crippen molar-refractivity contribution in [3.63, 3.8) is 0 Å². The molecular formula is C15H21N3O. The van der Waals surface area contributed by atoms with Crippen LogP contribution in [0.3, 0.4) is 0 Å².